The first-order valence-electron chi connectivity index (χ1n) is 8.01. The van der Waals surface area contributed by atoms with Crippen molar-refractivity contribution in [2.45, 2.75) is 45.6 Å². The molecule has 2 aromatic carbocycles. The summed E-state index contributed by atoms with van der Waals surface area (Å²) in [7, 11) is 0. The fraction of sp³-hybridized carbons (Fsp3) is 0.350. The van der Waals surface area contributed by atoms with Crippen molar-refractivity contribution in [3.8, 4) is 5.75 Å². The maximum atomic E-state index is 12.0. The molecule has 0 atom stereocenters. The molecule has 0 aromatic heterocycles. The Morgan fingerprint density at radius 3 is 2.26 bits per heavy atom. The number of rotatable bonds is 7. The van der Waals surface area contributed by atoms with E-state index >= 15 is 0 Å². The van der Waals surface area contributed by atoms with Crippen molar-refractivity contribution in [3.05, 3.63) is 65.2 Å². The van der Waals surface area contributed by atoms with Gasteiger partial charge in [0.25, 0.3) is 0 Å². The Morgan fingerprint density at radius 1 is 1.09 bits per heavy atom. The van der Waals surface area contributed by atoms with Crippen LogP contribution in [0.4, 0.5) is 0 Å². The number of aryl methyl sites for hydroxylation is 1. The number of halogens is 1. The molecule has 2 nitrogen and oxygen atoms in total. The number of benzene rings is 2. The first-order chi connectivity index (χ1) is 11.0. The van der Waals surface area contributed by atoms with E-state index in [4.69, 9.17) is 16.3 Å². The van der Waals surface area contributed by atoms with Crippen LogP contribution in [-0.4, -0.2) is 5.24 Å². The predicted molar refractivity (Wildman–Crippen MR) is 95.1 cm³/mol. The molecular weight excluding hydrogens is 308 g/mol. The average molecular weight is 331 g/mol. The predicted octanol–water partition coefficient (Wildman–Crippen LogP) is 5.40. The second-order valence-corrected chi connectivity index (χ2v) is 6.16. The number of carbonyl (C=O) groups is 1. The van der Waals surface area contributed by atoms with Crippen LogP contribution in [0.3, 0.4) is 0 Å². The van der Waals surface area contributed by atoms with Crippen molar-refractivity contribution in [2.75, 3.05) is 0 Å². The summed E-state index contributed by atoms with van der Waals surface area (Å²) >= 11 is 5.90. The molecule has 0 aliphatic heterocycles. The third kappa shape index (κ3) is 3.76. The third-order valence-corrected chi connectivity index (χ3v) is 4.91. The van der Waals surface area contributed by atoms with Gasteiger partial charge < -0.3 is 4.74 Å². The Balaban J connectivity index is 2.22. The highest BCUT2D eigenvalue weighted by Crippen LogP contribution is 2.36. The van der Waals surface area contributed by atoms with E-state index in [1.54, 1.807) is 0 Å². The molecule has 0 fully saturated rings. The Morgan fingerprint density at radius 2 is 1.74 bits per heavy atom. The second-order valence-electron chi connectivity index (χ2n) is 5.82. The lowest BCUT2D eigenvalue weighted by molar-refractivity contribution is -0.117. The first-order valence-corrected chi connectivity index (χ1v) is 8.39. The van der Waals surface area contributed by atoms with Crippen LogP contribution in [-0.2, 0) is 16.8 Å². The van der Waals surface area contributed by atoms with Gasteiger partial charge in [0.1, 0.15) is 12.4 Å². The quantitative estimate of drug-likeness (QED) is 0.635. The first kappa shape index (κ1) is 17.6. The van der Waals surface area contributed by atoms with Gasteiger partial charge in [-0.1, -0.05) is 56.3 Å². The molecule has 0 N–H and O–H groups in total. The van der Waals surface area contributed by atoms with Gasteiger partial charge in [-0.05, 0) is 54.1 Å². The van der Waals surface area contributed by atoms with E-state index in [1.807, 2.05) is 69.3 Å². The molecule has 0 bridgehead atoms. The van der Waals surface area contributed by atoms with Crippen molar-refractivity contribution in [1.29, 1.82) is 0 Å². The summed E-state index contributed by atoms with van der Waals surface area (Å²) in [4.78, 5) is 12.0. The molecule has 0 heterocycles. The highest BCUT2D eigenvalue weighted by Gasteiger charge is 2.35. The zero-order valence-corrected chi connectivity index (χ0v) is 14.7. The smallest absolute Gasteiger partial charge is 0.232 e. The van der Waals surface area contributed by atoms with Crippen molar-refractivity contribution in [3.63, 3.8) is 0 Å². The van der Waals surface area contributed by atoms with Gasteiger partial charge in [0.2, 0.25) is 5.24 Å². The van der Waals surface area contributed by atoms with Gasteiger partial charge in [-0.3, -0.25) is 4.79 Å². The molecule has 2 aromatic rings. The minimum absolute atomic E-state index is 0.292. The van der Waals surface area contributed by atoms with E-state index in [0.717, 1.165) is 22.4 Å². The van der Waals surface area contributed by atoms with Crippen LogP contribution < -0.4 is 4.74 Å². The SMILES string of the molecule is CCC(CC)(C(=O)Cl)c1ccc(OCc2ccccc2)c(C)c1. The lowest BCUT2D eigenvalue weighted by atomic mass is 9.76. The lowest BCUT2D eigenvalue weighted by Gasteiger charge is -2.28. The van der Waals surface area contributed by atoms with Gasteiger partial charge in [0, 0.05) is 0 Å². The zero-order valence-electron chi connectivity index (χ0n) is 13.9. The topological polar surface area (TPSA) is 26.3 Å². The minimum atomic E-state index is -0.607. The number of ether oxygens (including phenoxy) is 1. The fourth-order valence-electron chi connectivity index (χ4n) is 2.89. The van der Waals surface area contributed by atoms with E-state index < -0.39 is 5.41 Å². The summed E-state index contributed by atoms with van der Waals surface area (Å²) in [6.07, 6.45) is 1.38. The van der Waals surface area contributed by atoms with Crippen molar-refractivity contribution in [1.82, 2.24) is 0 Å². The molecule has 3 heteroatoms. The van der Waals surface area contributed by atoms with Gasteiger partial charge in [-0.25, -0.2) is 0 Å². The van der Waals surface area contributed by atoms with Crippen molar-refractivity contribution in [2.24, 2.45) is 0 Å². The highest BCUT2D eigenvalue weighted by molar-refractivity contribution is 6.65. The highest BCUT2D eigenvalue weighted by atomic mass is 35.5. The van der Waals surface area contributed by atoms with Crippen molar-refractivity contribution >= 4 is 16.8 Å². The molecule has 0 saturated carbocycles. The van der Waals surface area contributed by atoms with E-state index in [-0.39, 0.29) is 5.24 Å². The molecule has 0 unspecified atom stereocenters. The number of carbonyl (C=O) groups excluding carboxylic acids is 1. The number of hydrogen-bond donors (Lipinski definition) is 0. The maximum Gasteiger partial charge on any atom is 0.232 e. The molecule has 0 amide bonds. The normalized spacial score (nSPS) is 11.3. The van der Waals surface area contributed by atoms with Crippen LogP contribution >= 0.6 is 11.6 Å². The fourth-order valence-corrected chi connectivity index (χ4v) is 3.27. The molecule has 0 saturated heterocycles. The summed E-state index contributed by atoms with van der Waals surface area (Å²) in [5, 5.41) is -0.292. The second kappa shape index (κ2) is 7.65. The Labute approximate surface area is 143 Å². The van der Waals surface area contributed by atoms with Crippen LogP contribution in [0.1, 0.15) is 43.4 Å². The van der Waals surface area contributed by atoms with E-state index in [0.29, 0.717) is 19.4 Å². The standard InChI is InChI=1S/C20H23ClO2/c1-4-20(5-2,19(21)22)17-11-12-18(15(3)13-17)23-14-16-9-7-6-8-10-16/h6-13H,4-5,14H2,1-3H3. The Bertz CT molecular complexity index is 661. The molecule has 0 aliphatic carbocycles. The Kier molecular flexibility index (Phi) is 5.84. The van der Waals surface area contributed by atoms with Gasteiger partial charge in [-0.15, -0.1) is 0 Å². The van der Waals surface area contributed by atoms with Gasteiger partial charge in [-0.2, -0.15) is 0 Å². The third-order valence-electron chi connectivity index (χ3n) is 4.55. The van der Waals surface area contributed by atoms with Gasteiger partial charge in [0.05, 0.1) is 5.41 Å². The van der Waals surface area contributed by atoms with Crippen LogP contribution in [0.25, 0.3) is 0 Å². The molecule has 122 valence electrons. The van der Waals surface area contributed by atoms with E-state index in [9.17, 15) is 4.79 Å². The summed E-state index contributed by atoms with van der Waals surface area (Å²) in [6, 6.07) is 16.0. The molecule has 2 rings (SSSR count). The van der Waals surface area contributed by atoms with Gasteiger partial charge in [0.15, 0.2) is 0 Å². The van der Waals surface area contributed by atoms with Crippen molar-refractivity contribution < 1.29 is 9.53 Å². The summed E-state index contributed by atoms with van der Waals surface area (Å²) in [6.45, 7) is 6.53. The van der Waals surface area contributed by atoms with Gasteiger partial charge >= 0.3 is 0 Å². The molecule has 23 heavy (non-hydrogen) atoms. The Hall–Kier alpha value is -1.80. The zero-order chi connectivity index (χ0) is 16.9. The van der Waals surface area contributed by atoms with Crippen LogP contribution in [0, 0.1) is 6.92 Å². The van der Waals surface area contributed by atoms with E-state index in [2.05, 4.69) is 0 Å². The molecule has 0 spiro atoms. The largest absolute Gasteiger partial charge is 0.489 e. The van der Waals surface area contributed by atoms with Crippen LogP contribution in [0.15, 0.2) is 48.5 Å². The van der Waals surface area contributed by atoms with E-state index in [1.165, 1.54) is 0 Å². The molecule has 0 aliphatic rings. The minimum Gasteiger partial charge on any atom is -0.489 e. The monoisotopic (exact) mass is 330 g/mol. The molecular formula is C20H23ClO2. The summed E-state index contributed by atoms with van der Waals surface area (Å²) in [5.74, 6) is 0.834. The average Bonchev–Trinajstić information content (AvgIpc) is 2.56. The van der Waals surface area contributed by atoms with Crippen LogP contribution in [0.5, 0.6) is 5.75 Å². The maximum absolute atomic E-state index is 12.0. The number of hydrogen-bond acceptors (Lipinski definition) is 2. The lowest BCUT2D eigenvalue weighted by Crippen LogP contribution is -2.31. The molecule has 0 radical (unpaired) electrons. The van der Waals surface area contributed by atoms with Crippen LogP contribution in [0.2, 0.25) is 0 Å². The summed E-state index contributed by atoms with van der Waals surface area (Å²) < 4.78 is 5.90. The summed E-state index contributed by atoms with van der Waals surface area (Å²) in [5.41, 5.74) is 2.50.